The maximum absolute atomic E-state index is 11.2. The highest BCUT2D eigenvalue weighted by molar-refractivity contribution is 5.49. The molecule has 114 valence electrons. The molecule has 1 aromatic rings. The number of methoxy groups -OCH3 is 2. The highest BCUT2D eigenvalue weighted by Gasteiger charge is 2.32. The van der Waals surface area contributed by atoms with Crippen LogP contribution in [0, 0.1) is 21.4 Å². The van der Waals surface area contributed by atoms with Gasteiger partial charge in [-0.15, -0.1) is 0 Å². The molecule has 1 rings (SSSR count). The van der Waals surface area contributed by atoms with Gasteiger partial charge < -0.3 is 19.7 Å². The average Bonchev–Trinajstić information content (AvgIpc) is 2.50. The lowest BCUT2D eigenvalue weighted by molar-refractivity contribution is -0.387. The summed E-state index contributed by atoms with van der Waals surface area (Å²) < 4.78 is 9.63. The van der Waals surface area contributed by atoms with Crippen LogP contribution in [0.3, 0.4) is 0 Å². The second kappa shape index (κ2) is 7.32. The number of nitro groups is 1. The normalized spacial score (nSPS) is 13.1. The van der Waals surface area contributed by atoms with Gasteiger partial charge in [0.25, 0.3) is 0 Å². The van der Waals surface area contributed by atoms with E-state index < -0.39 is 29.2 Å². The van der Waals surface area contributed by atoms with Gasteiger partial charge in [0.1, 0.15) is 5.69 Å². The van der Waals surface area contributed by atoms with Crippen LogP contribution in [0.5, 0.6) is 11.9 Å². The summed E-state index contributed by atoms with van der Waals surface area (Å²) in [6.07, 6.45) is -1.43. The molecule has 0 bridgehead atoms. The standard InChI is InChI=1S/C11H14N4O6/c1-20-10-9(15(18)19)8(13-11(14-10)21-2)6(4-12)3-7(17)5-16/h6-7,16-17H,3,5H2,1-2H3. The lowest BCUT2D eigenvalue weighted by Crippen LogP contribution is -2.18. The Morgan fingerprint density at radius 1 is 1.43 bits per heavy atom. The molecule has 2 unspecified atom stereocenters. The largest absolute Gasteiger partial charge is 0.476 e. The minimum Gasteiger partial charge on any atom is -0.476 e. The number of nitriles is 1. The van der Waals surface area contributed by atoms with E-state index in [1.54, 1.807) is 6.07 Å². The topological polar surface area (TPSA) is 152 Å². The van der Waals surface area contributed by atoms with Gasteiger partial charge in [-0.1, -0.05) is 0 Å². The molecule has 1 heterocycles. The van der Waals surface area contributed by atoms with Crippen LogP contribution in [-0.2, 0) is 0 Å². The summed E-state index contributed by atoms with van der Waals surface area (Å²) in [5, 5.41) is 38.6. The van der Waals surface area contributed by atoms with Crippen molar-refractivity contribution in [3.63, 3.8) is 0 Å². The van der Waals surface area contributed by atoms with Crippen molar-refractivity contribution in [1.29, 1.82) is 5.26 Å². The molecule has 0 aliphatic heterocycles. The zero-order valence-electron chi connectivity index (χ0n) is 11.4. The fourth-order valence-corrected chi connectivity index (χ4v) is 1.65. The molecule has 21 heavy (non-hydrogen) atoms. The zero-order chi connectivity index (χ0) is 16.0. The number of aliphatic hydroxyl groups is 2. The molecule has 10 nitrogen and oxygen atoms in total. The molecule has 10 heteroatoms. The Labute approximate surface area is 119 Å². The smallest absolute Gasteiger partial charge is 0.353 e. The first-order valence-corrected chi connectivity index (χ1v) is 5.81. The minimum atomic E-state index is -1.21. The number of hydrogen-bond acceptors (Lipinski definition) is 9. The van der Waals surface area contributed by atoms with Crippen molar-refractivity contribution in [2.45, 2.75) is 18.4 Å². The van der Waals surface area contributed by atoms with E-state index in [0.717, 1.165) is 0 Å². The first-order valence-electron chi connectivity index (χ1n) is 5.81. The van der Waals surface area contributed by atoms with Gasteiger partial charge in [-0.3, -0.25) is 10.1 Å². The monoisotopic (exact) mass is 298 g/mol. The molecule has 0 saturated carbocycles. The molecule has 2 atom stereocenters. The van der Waals surface area contributed by atoms with Gasteiger partial charge in [0.2, 0.25) is 0 Å². The summed E-state index contributed by atoms with van der Waals surface area (Å²) in [6, 6.07) is 1.60. The van der Waals surface area contributed by atoms with E-state index in [-0.39, 0.29) is 24.0 Å². The summed E-state index contributed by atoms with van der Waals surface area (Å²) in [4.78, 5) is 17.9. The van der Waals surface area contributed by atoms with Crippen molar-refractivity contribution in [2.24, 2.45) is 0 Å². The van der Waals surface area contributed by atoms with Gasteiger partial charge in [-0.25, -0.2) is 0 Å². The fraction of sp³-hybridized carbons (Fsp3) is 0.545. The van der Waals surface area contributed by atoms with E-state index in [9.17, 15) is 15.2 Å². The number of aliphatic hydroxyl groups excluding tert-OH is 2. The summed E-state index contributed by atoms with van der Waals surface area (Å²) in [7, 11) is 2.44. The van der Waals surface area contributed by atoms with Crippen molar-refractivity contribution in [1.82, 2.24) is 9.97 Å². The number of ether oxygens (including phenoxy) is 2. The number of rotatable bonds is 7. The van der Waals surface area contributed by atoms with Gasteiger partial charge in [0.15, 0.2) is 0 Å². The van der Waals surface area contributed by atoms with E-state index in [1.807, 2.05) is 0 Å². The molecule has 0 aliphatic carbocycles. The van der Waals surface area contributed by atoms with Gasteiger partial charge in [0, 0.05) is 0 Å². The Hall–Kier alpha value is -2.51. The van der Waals surface area contributed by atoms with Crippen molar-refractivity contribution in [3.8, 4) is 18.0 Å². The molecular weight excluding hydrogens is 284 g/mol. The van der Waals surface area contributed by atoms with Crippen molar-refractivity contribution < 1.29 is 24.6 Å². The predicted molar refractivity (Wildman–Crippen MR) is 67.9 cm³/mol. The second-order valence-electron chi connectivity index (χ2n) is 3.96. The minimum absolute atomic E-state index is 0.203. The van der Waals surface area contributed by atoms with Crippen LogP contribution in [0.15, 0.2) is 0 Å². The Balaban J connectivity index is 3.42. The first-order chi connectivity index (χ1) is 9.98. The van der Waals surface area contributed by atoms with Crippen LogP contribution in [0.25, 0.3) is 0 Å². The molecule has 2 N–H and O–H groups in total. The van der Waals surface area contributed by atoms with Gasteiger partial charge >= 0.3 is 17.6 Å². The van der Waals surface area contributed by atoms with Gasteiger partial charge in [-0.2, -0.15) is 15.2 Å². The first kappa shape index (κ1) is 16.5. The number of hydrogen-bond donors (Lipinski definition) is 2. The van der Waals surface area contributed by atoms with Crippen LogP contribution in [0.1, 0.15) is 18.0 Å². The second-order valence-corrected chi connectivity index (χ2v) is 3.96. The molecule has 0 saturated heterocycles. The van der Waals surface area contributed by atoms with E-state index >= 15 is 0 Å². The van der Waals surface area contributed by atoms with Crippen molar-refractivity contribution in [3.05, 3.63) is 15.8 Å². The predicted octanol–water partition coefficient (Wildman–Crippen LogP) is -0.248. The molecule has 0 radical (unpaired) electrons. The quantitative estimate of drug-likeness (QED) is 0.512. The fourth-order valence-electron chi connectivity index (χ4n) is 1.65. The van der Waals surface area contributed by atoms with Crippen molar-refractivity contribution in [2.75, 3.05) is 20.8 Å². The molecule has 0 aliphatic rings. The summed E-state index contributed by atoms with van der Waals surface area (Å²) >= 11 is 0. The molecule has 0 fully saturated rings. The van der Waals surface area contributed by atoms with Crippen LogP contribution < -0.4 is 9.47 Å². The molecule has 0 amide bonds. The summed E-state index contributed by atoms with van der Waals surface area (Å²) in [6.45, 7) is -0.578. The Morgan fingerprint density at radius 2 is 2.10 bits per heavy atom. The molecule has 0 aromatic carbocycles. The zero-order valence-corrected chi connectivity index (χ0v) is 11.4. The lowest BCUT2D eigenvalue weighted by Gasteiger charge is -2.14. The summed E-state index contributed by atoms with van der Waals surface area (Å²) in [5.74, 6) is -1.47. The third-order valence-electron chi connectivity index (χ3n) is 2.62. The van der Waals surface area contributed by atoms with Gasteiger partial charge in [0.05, 0.1) is 43.8 Å². The van der Waals surface area contributed by atoms with E-state index in [4.69, 9.17) is 19.8 Å². The Kier molecular flexibility index (Phi) is 5.77. The summed E-state index contributed by atoms with van der Waals surface area (Å²) in [5.41, 5.74) is -0.811. The van der Waals surface area contributed by atoms with Crippen LogP contribution in [0.4, 0.5) is 5.69 Å². The molecular formula is C11H14N4O6. The maximum atomic E-state index is 11.2. The van der Waals surface area contributed by atoms with E-state index in [1.165, 1.54) is 14.2 Å². The molecule has 1 aromatic heterocycles. The number of nitrogens with zero attached hydrogens (tertiary/aromatic N) is 4. The van der Waals surface area contributed by atoms with E-state index in [0.29, 0.717) is 0 Å². The van der Waals surface area contributed by atoms with Crippen LogP contribution in [0.2, 0.25) is 0 Å². The van der Waals surface area contributed by atoms with Crippen molar-refractivity contribution >= 4 is 5.69 Å². The van der Waals surface area contributed by atoms with E-state index in [2.05, 4.69) is 9.97 Å². The third-order valence-corrected chi connectivity index (χ3v) is 2.62. The maximum Gasteiger partial charge on any atom is 0.353 e. The SMILES string of the molecule is COc1nc(OC)c([N+](=O)[O-])c(C(C#N)CC(O)CO)n1. The highest BCUT2D eigenvalue weighted by atomic mass is 16.6. The third kappa shape index (κ3) is 3.74. The Morgan fingerprint density at radius 3 is 2.52 bits per heavy atom. The number of aromatic nitrogens is 2. The lowest BCUT2D eigenvalue weighted by atomic mass is 9.98. The molecule has 0 spiro atoms. The van der Waals surface area contributed by atoms with Crippen LogP contribution in [-0.4, -0.2) is 52.0 Å². The van der Waals surface area contributed by atoms with Gasteiger partial charge in [-0.05, 0) is 6.42 Å². The van der Waals surface area contributed by atoms with Crippen LogP contribution >= 0.6 is 0 Å². The highest BCUT2D eigenvalue weighted by Crippen LogP contribution is 2.35. The average molecular weight is 298 g/mol. The Bertz CT molecular complexity index is 558.